The van der Waals surface area contributed by atoms with Crippen LogP contribution in [0.4, 0.5) is 0 Å². The summed E-state index contributed by atoms with van der Waals surface area (Å²) < 4.78 is 1.41. The fourth-order valence-electron chi connectivity index (χ4n) is 3.41. The first-order valence-corrected chi connectivity index (χ1v) is 8.34. The van der Waals surface area contributed by atoms with E-state index in [9.17, 15) is 14.4 Å². The van der Waals surface area contributed by atoms with Gasteiger partial charge in [-0.2, -0.15) is 0 Å². The largest absolute Gasteiger partial charge is 0.334 e. The molecule has 128 valence electrons. The van der Waals surface area contributed by atoms with Gasteiger partial charge in [0.25, 0.3) is 5.91 Å². The van der Waals surface area contributed by atoms with E-state index in [1.807, 2.05) is 4.90 Å². The molecule has 0 spiro atoms. The summed E-state index contributed by atoms with van der Waals surface area (Å²) in [5.74, 6) is -0.0813. The number of piperidine rings is 1. The van der Waals surface area contributed by atoms with E-state index in [4.69, 9.17) is 5.73 Å². The number of benzene rings is 1. The molecular weight excluding hydrogens is 308 g/mol. The van der Waals surface area contributed by atoms with Crippen molar-refractivity contribution in [2.45, 2.75) is 38.8 Å². The molecule has 1 aliphatic heterocycles. The van der Waals surface area contributed by atoms with Crippen molar-refractivity contribution in [3.63, 3.8) is 0 Å². The van der Waals surface area contributed by atoms with Gasteiger partial charge in [0, 0.05) is 31.2 Å². The number of aryl methyl sites for hydroxylation is 1. The minimum Gasteiger partial charge on any atom is -0.334 e. The van der Waals surface area contributed by atoms with Crippen LogP contribution in [0.15, 0.2) is 27.8 Å². The lowest BCUT2D eigenvalue weighted by Crippen LogP contribution is -2.47. The van der Waals surface area contributed by atoms with Gasteiger partial charge in [0.05, 0.1) is 11.0 Å². The highest BCUT2D eigenvalue weighted by Gasteiger charge is 2.26. The number of likely N-dealkylation sites (tertiary alicyclic amines) is 1. The third-order valence-corrected chi connectivity index (χ3v) is 4.70. The first kappa shape index (κ1) is 16.4. The molecular formula is C17H22N4O3. The minimum atomic E-state index is -0.674. The van der Waals surface area contributed by atoms with E-state index in [-0.39, 0.29) is 11.9 Å². The molecule has 2 heterocycles. The van der Waals surface area contributed by atoms with Crippen molar-refractivity contribution in [3.8, 4) is 0 Å². The number of fused-ring (bicyclic) bond motifs is 1. The predicted molar refractivity (Wildman–Crippen MR) is 92.2 cm³/mol. The fraction of sp³-hybridized carbons (Fsp3) is 0.471. The zero-order chi connectivity index (χ0) is 17.3. The summed E-state index contributed by atoms with van der Waals surface area (Å²) in [6.45, 7) is 3.35. The second-order valence-electron chi connectivity index (χ2n) is 6.12. The van der Waals surface area contributed by atoms with Crippen LogP contribution < -0.4 is 16.9 Å². The number of nitrogens with one attached hydrogen (secondary N) is 1. The van der Waals surface area contributed by atoms with Gasteiger partial charge in [0.1, 0.15) is 0 Å². The van der Waals surface area contributed by atoms with Gasteiger partial charge < -0.3 is 20.2 Å². The molecule has 1 aromatic heterocycles. The molecule has 7 heteroatoms. The molecule has 1 unspecified atom stereocenters. The van der Waals surface area contributed by atoms with Gasteiger partial charge in [-0.1, -0.05) is 0 Å². The number of carbonyl (C=O) groups is 1. The molecule has 1 atom stereocenters. The van der Waals surface area contributed by atoms with E-state index < -0.39 is 11.1 Å². The number of rotatable bonds is 3. The maximum atomic E-state index is 12.8. The van der Waals surface area contributed by atoms with Crippen molar-refractivity contribution in [1.82, 2.24) is 14.5 Å². The van der Waals surface area contributed by atoms with Crippen molar-refractivity contribution in [2.75, 3.05) is 13.1 Å². The van der Waals surface area contributed by atoms with Gasteiger partial charge in [0.2, 0.25) is 0 Å². The van der Waals surface area contributed by atoms with Crippen molar-refractivity contribution in [3.05, 3.63) is 44.5 Å². The first-order valence-electron chi connectivity index (χ1n) is 8.34. The van der Waals surface area contributed by atoms with E-state index in [1.165, 1.54) is 4.57 Å². The normalized spacial score (nSPS) is 18.1. The van der Waals surface area contributed by atoms with E-state index in [0.717, 1.165) is 19.3 Å². The Morgan fingerprint density at radius 1 is 1.33 bits per heavy atom. The number of nitrogens with zero attached hydrogens (tertiary/aromatic N) is 2. The third-order valence-electron chi connectivity index (χ3n) is 4.70. The molecule has 3 rings (SSSR count). The summed E-state index contributed by atoms with van der Waals surface area (Å²) in [4.78, 5) is 40.9. The summed E-state index contributed by atoms with van der Waals surface area (Å²) in [5.41, 5.74) is 6.15. The molecule has 7 nitrogen and oxygen atoms in total. The van der Waals surface area contributed by atoms with Crippen LogP contribution in [0.5, 0.6) is 0 Å². The smallest absolute Gasteiger partial charge is 0.316 e. The van der Waals surface area contributed by atoms with Crippen molar-refractivity contribution in [2.24, 2.45) is 5.73 Å². The highest BCUT2D eigenvalue weighted by Crippen LogP contribution is 2.20. The van der Waals surface area contributed by atoms with Crippen LogP contribution in [0.2, 0.25) is 0 Å². The number of aromatic nitrogens is 2. The minimum absolute atomic E-state index is 0.0607. The fourth-order valence-corrected chi connectivity index (χ4v) is 3.41. The molecule has 1 amide bonds. The highest BCUT2D eigenvalue weighted by molar-refractivity contribution is 5.97. The molecule has 2 aromatic rings. The Morgan fingerprint density at radius 2 is 2.12 bits per heavy atom. The molecule has 1 saturated heterocycles. The number of amides is 1. The molecule has 1 aromatic carbocycles. The molecule has 3 N–H and O–H groups in total. The average molecular weight is 330 g/mol. The quantitative estimate of drug-likeness (QED) is 0.807. The first-order chi connectivity index (χ1) is 11.6. The van der Waals surface area contributed by atoms with Crippen molar-refractivity contribution < 1.29 is 4.79 Å². The Hall–Kier alpha value is -2.41. The van der Waals surface area contributed by atoms with Gasteiger partial charge in [-0.3, -0.25) is 14.4 Å². The SMILES string of the molecule is CCn1c(=O)c(=O)[nH]c2cc(C(=O)N3CCCCC3CN)ccc21. The highest BCUT2D eigenvalue weighted by atomic mass is 16.2. The average Bonchev–Trinajstić information content (AvgIpc) is 2.61. The second-order valence-corrected chi connectivity index (χ2v) is 6.12. The Labute approximate surface area is 139 Å². The maximum absolute atomic E-state index is 12.8. The van der Waals surface area contributed by atoms with Crippen molar-refractivity contribution >= 4 is 16.9 Å². The third kappa shape index (κ3) is 2.75. The molecule has 1 aliphatic rings. The van der Waals surface area contributed by atoms with Gasteiger partial charge >= 0.3 is 11.1 Å². The lowest BCUT2D eigenvalue weighted by atomic mass is 10.0. The monoisotopic (exact) mass is 330 g/mol. The number of hydrogen-bond acceptors (Lipinski definition) is 4. The zero-order valence-corrected chi connectivity index (χ0v) is 13.7. The number of nitrogens with two attached hydrogens (primary N) is 1. The van der Waals surface area contributed by atoms with Gasteiger partial charge in [-0.25, -0.2) is 0 Å². The second kappa shape index (κ2) is 6.60. The summed E-state index contributed by atoms with van der Waals surface area (Å²) in [5, 5.41) is 0. The van der Waals surface area contributed by atoms with Crippen LogP contribution in [0, 0.1) is 0 Å². The topological polar surface area (TPSA) is 101 Å². The maximum Gasteiger partial charge on any atom is 0.316 e. The zero-order valence-electron chi connectivity index (χ0n) is 13.7. The lowest BCUT2D eigenvalue weighted by Gasteiger charge is -2.35. The van der Waals surface area contributed by atoms with E-state index in [0.29, 0.717) is 36.2 Å². The van der Waals surface area contributed by atoms with Crippen LogP contribution in [0.25, 0.3) is 11.0 Å². The predicted octanol–water partition coefficient (Wildman–Crippen LogP) is 0.663. The molecule has 24 heavy (non-hydrogen) atoms. The Morgan fingerprint density at radius 3 is 2.83 bits per heavy atom. The van der Waals surface area contributed by atoms with E-state index in [2.05, 4.69) is 4.98 Å². The summed E-state index contributed by atoms with van der Waals surface area (Å²) in [6, 6.07) is 5.12. The van der Waals surface area contributed by atoms with Crippen LogP contribution >= 0.6 is 0 Å². The number of H-pyrrole nitrogens is 1. The van der Waals surface area contributed by atoms with Crippen LogP contribution in [0.3, 0.4) is 0 Å². The molecule has 0 aliphatic carbocycles. The molecule has 0 radical (unpaired) electrons. The number of hydrogen-bond donors (Lipinski definition) is 2. The molecule has 0 bridgehead atoms. The van der Waals surface area contributed by atoms with Crippen LogP contribution in [-0.4, -0.2) is 39.5 Å². The summed E-state index contributed by atoms with van der Waals surface area (Å²) in [6.07, 6.45) is 2.98. The lowest BCUT2D eigenvalue weighted by molar-refractivity contribution is 0.0623. The number of aromatic amines is 1. The van der Waals surface area contributed by atoms with Gasteiger partial charge in [-0.15, -0.1) is 0 Å². The Bertz CT molecular complexity index is 884. The molecule has 0 saturated carbocycles. The van der Waals surface area contributed by atoms with Crippen molar-refractivity contribution in [1.29, 1.82) is 0 Å². The Kier molecular flexibility index (Phi) is 4.53. The number of carbonyl (C=O) groups excluding carboxylic acids is 1. The van der Waals surface area contributed by atoms with Gasteiger partial charge in [0.15, 0.2) is 0 Å². The van der Waals surface area contributed by atoms with Gasteiger partial charge in [-0.05, 0) is 44.4 Å². The van der Waals surface area contributed by atoms with Crippen LogP contribution in [0.1, 0.15) is 36.5 Å². The summed E-state index contributed by atoms with van der Waals surface area (Å²) in [7, 11) is 0. The Balaban J connectivity index is 2.04. The standard InChI is InChI=1S/C17H22N4O3/c1-2-20-14-7-6-11(9-13(14)19-15(22)17(20)24)16(23)21-8-4-3-5-12(21)10-18/h6-7,9,12H,2-5,8,10,18H2,1H3,(H,19,22). The molecule has 1 fully saturated rings. The summed E-state index contributed by atoms with van der Waals surface area (Å²) >= 11 is 0. The van der Waals surface area contributed by atoms with Crippen LogP contribution in [-0.2, 0) is 6.54 Å². The van der Waals surface area contributed by atoms with E-state index in [1.54, 1.807) is 25.1 Å². The van der Waals surface area contributed by atoms with E-state index >= 15 is 0 Å².